The van der Waals surface area contributed by atoms with Crippen molar-refractivity contribution in [3.05, 3.63) is 89.5 Å². The number of ether oxygens (including phenoxy) is 1. The van der Waals surface area contributed by atoms with Crippen molar-refractivity contribution in [1.29, 1.82) is 0 Å². The summed E-state index contributed by atoms with van der Waals surface area (Å²) in [6.45, 7) is 0.229. The highest BCUT2D eigenvalue weighted by atomic mass is 19.1. The van der Waals surface area contributed by atoms with Gasteiger partial charge in [0.1, 0.15) is 17.4 Å². The number of halogens is 2. The Kier molecular flexibility index (Phi) is 5.78. The molecule has 3 aromatic carbocycles. The predicted molar refractivity (Wildman–Crippen MR) is 99.0 cm³/mol. The van der Waals surface area contributed by atoms with Crippen LogP contribution in [0.2, 0.25) is 0 Å². The molecule has 0 fully saturated rings. The molecule has 0 aliphatic rings. The third kappa shape index (κ3) is 4.48. The van der Waals surface area contributed by atoms with Crippen LogP contribution in [0.4, 0.5) is 13.6 Å². The predicted octanol–water partition coefficient (Wildman–Crippen LogP) is 4.38. The molecule has 0 aliphatic carbocycles. The molecule has 0 radical (unpaired) electrons. The minimum Gasteiger partial charge on any atom is -0.410 e. The molecule has 3 N–H and O–H groups in total. The number of hydrogen-bond donors (Lipinski definition) is 2. The lowest BCUT2D eigenvalue weighted by molar-refractivity contribution is 0.200. The molecular formula is C21H18F2N2O2. The summed E-state index contributed by atoms with van der Waals surface area (Å²) in [5.41, 5.74) is 8.47. The zero-order valence-corrected chi connectivity index (χ0v) is 14.4. The molecule has 27 heavy (non-hydrogen) atoms. The van der Waals surface area contributed by atoms with Gasteiger partial charge < -0.3 is 15.8 Å². The Morgan fingerprint density at radius 3 is 2.37 bits per heavy atom. The van der Waals surface area contributed by atoms with E-state index in [0.717, 1.165) is 28.8 Å². The van der Waals surface area contributed by atoms with Crippen molar-refractivity contribution in [2.75, 3.05) is 0 Å². The first kappa shape index (κ1) is 18.5. The van der Waals surface area contributed by atoms with Gasteiger partial charge in [0.2, 0.25) is 0 Å². The van der Waals surface area contributed by atoms with E-state index in [1.54, 1.807) is 12.1 Å². The molecule has 0 spiro atoms. The Hall–Kier alpha value is -3.25. The molecule has 0 bridgehead atoms. The number of carbonyl (C=O) groups is 1. The van der Waals surface area contributed by atoms with E-state index in [1.165, 1.54) is 6.07 Å². The Balaban J connectivity index is 1.75. The second-order valence-corrected chi connectivity index (χ2v) is 5.84. The van der Waals surface area contributed by atoms with Gasteiger partial charge in [-0.25, -0.2) is 13.6 Å². The van der Waals surface area contributed by atoms with Gasteiger partial charge in [-0.3, -0.25) is 0 Å². The van der Waals surface area contributed by atoms with Crippen LogP contribution >= 0.6 is 0 Å². The van der Waals surface area contributed by atoms with Crippen molar-refractivity contribution in [3.63, 3.8) is 0 Å². The molecule has 0 aliphatic heterocycles. The standard InChI is InChI=1S/C21H18F2N2O2/c22-16-10-9-15(19(23)11-16)13-25-21(26)27-20-8-4-3-7-18(20)17-6-2-1-5-14(17)12-24/h1-11H,12-13,24H2,(H,25,26). The van der Waals surface area contributed by atoms with E-state index < -0.39 is 17.7 Å². The van der Waals surface area contributed by atoms with Gasteiger partial charge in [0, 0.05) is 30.3 Å². The fourth-order valence-electron chi connectivity index (χ4n) is 2.71. The molecule has 0 atom stereocenters. The lowest BCUT2D eigenvalue weighted by Crippen LogP contribution is -2.26. The first-order chi connectivity index (χ1) is 13.1. The number of nitrogens with two attached hydrogens (primary N) is 1. The summed E-state index contributed by atoms with van der Waals surface area (Å²) in [5, 5.41) is 2.47. The molecule has 0 unspecified atom stereocenters. The van der Waals surface area contributed by atoms with Gasteiger partial charge in [-0.1, -0.05) is 48.5 Å². The minimum atomic E-state index is -0.739. The number of carbonyl (C=O) groups excluding carboxylic acids is 1. The highest BCUT2D eigenvalue weighted by Crippen LogP contribution is 2.32. The van der Waals surface area contributed by atoms with E-state index in [9.17, 15) is 13.6 Å². The topological polar surface area (TPSA) is 64.3 Å². The lowest BCUT2D eigenvalue weighted by atomic mass is 9.99. The maximum atomic E-state index is 13.7. The second-order valence-electron chi connectivity index (χ2n) is 5.84. The highest BCUT2D eigenvalue weighted by Gasteiger charge is 2.13. The molecule has 3 rings (SSSR count). The lowest BCUT2D eigenvalue weighted by Gasteiger charge is -2.13. The number of nitrogens with one attached hydrogen (secondary N) is 1. The Morgan fingerprint density at radius 2 is 1.63 bits per heavy atom. The molecule has 4 nitrogen and oxygen atoms in total. The van der Waals surface area contributed by atoms with Crippen LogP contribution < -0.4 is 15.8 Å². The Labute approximate surface area is 155 Å². The highest BCUT2D eigenvalue weighted by molar-refractivity contribution is 5.78. The Bertz CT molecular complexity index is 960. The zero-order chi connectivity index (χ0) is 19.2. The van der Waals surface area contributed by atoms with Crippen molar-refractivity contribution in [2.45, 2.75) is 13.1 Å². The van der Waals surface area contributed by atoms with E-state index in [2.05, 4.69) is 5.32 Å². The van der Waals surface area contributed by atoms with Crippen LogP contribution in [0.15, 0.2) is 66.7 Å². The summed E-state index contributed by atoms with van der Waals surface area (Å²) in [4.78, 5) is 12.1. The number of hydrogen-bond acceptors (Lipinski definition) is 3. The molecule has 3 aromatic rings. The van der Waals surface area contributed by atoms with Gasteiger partial charge in [0.15, 0.2) is 0 Å². The van der Waals surface area contributed by atoms with E-state index >= 15 is 0 Å². The molecule has 0 aromatic heterocycles. The molecular weight excluding hydrogens is 350 g/mol. The van der Waals surface area contributed by atoms with Crippen LogP contribution in [-0.4, -0.2) is 6.09 Å². The van der Waals surface area contributed by atoms with Gasteiger partial charge in [0.05, 0.1) is 0 Å². The van der Waals surface area contributed by atoms with Crippen molar-refractivity contribution in [1.82, 2.24) is 5.32 Å². The molecule has 6 heteroatoms. The minimum absolute atomic E-state index is 0.119. The van der Waals surface area contributed by atoms with E-state index in [-0.39, 0.29) is 12.1 Å². The van der Waals surface area contributed by atoms with Gasteiger partial charge in [0.25, 0.3) is 0 Å². The third-order valence-corrected chi connectivity index (χ3v) is 4.06. The normalized spacial score (nSPS) is 10.5. The van der Waals surface area contributed by atoms with Crippen LogP contribution in [0, 0.1) is 11.6 Å². The molecule has 1 amide bonds. The quantitative estimate of drug-likeness (QED) is 0.702. The van der Waals surface area contributed by atoms with Crippen molar-refractivity contribution >= 4 is 6.09 Å². The molecule has 0 heterocycles. The van der Waals surface area contributed by atoms with Crippen molar-refractivity contribution < 1.29 is 18.3 Å². The summed E-state index contributed by atoms with van der Waals surface area (Å²) in [5.74, 6) is -1.05. The second kappa shape index (κ2) is 8.42. The van der Waals surface area contributed by atoms with Gasteiger partial charge in [-0.15, -0.1) is 0 Å². The SMILES string of the molecule is NCc1ccccc1-c1ccccc1OC(=O)NCc1ccc(F)cc1F. The first-order valence-electron chi connectivity index (χ1n) is 8.35. The summed E-state index contributed by atoms with van der Waals surface area (Å²) < 4.78 is 32.0. The van der Waals surface area contributed by atoms with E-state index in [1.807, 2.05) is 36.4 Å². The summed E-state index contributed by atoms with van der Waals surface area (Å²) in [7, 11) is 0. The van der Waals surface area contributed by atoms with Gasteiger partial charge in [-0.05, 0) is 23.3 Å². The maximum Gasteiger partial charge on any atom is 0.412 e. The Morgan fingerprint density at radius 1 is 0.926 bits per heavy atom. The summed E-state index contributed by atoms with van der Waals surface area (Å²) in [6, 6.07) is 17.8. The van der Waals surface area contributed by atoms with Crippen LogP contribution in [0.3, 0.4) is 0 Å². The maximum absolute atomic E-state index is 13.7. The van der Waals surface area contributed by atoms with Crippen molar-refractivity contribution in [2.24, 2.45) is 5.73 Å². The zero-order valence-electron chi connectivity index (χ0n) is 14.4. The monoisotopic (exact) mass is 368 g/mol. The first-order valence-corrected chi connectivity index (χ1v) is 8.35. The van der Waals surface area contributed by atoms with Gasteiger partial charge >= 0.3 is 6.09 Å². The van der Waals surface area contributed by atoms with E-state index in [4.69, 9.17) is 10.5 Å². The smallest absolute Gasteiger partial charge is 0.410 e. The number of amides is 1. The number of rotatable bonds is 5. The largest absolute Gasteiger partial charge is 0.412 e. The fourth-order valence-corrected chi connectivity index (χ4v) is 2.71. The van der Waals surface area contributed by atoms with Crippen LogP contribution in [0.1, 0.15) is 11.1 Å². The number of benzene rings is 3. The molecule has 138 valence electrons. The summed E-state index contributed by atoms with van der Waals surface area (Å²) >= 11 is 0. The number of para-hydroxylation sites is 1. The summed E-state index contributed by atoms with van der Waals surface area (Å²) in [6.07, 6.45) is -0.739. The third-order valence-electron chi connectivity index (χ3n) is 4.06. The molecule has 0 saturated heterocycles. The molecule has 0 saturated carbocycles. The van der Waals surface area contributed by atoms with Gasteiger partial charge in [-0.2, -0.15) is 0 Å². The van der Waals surface area contributed by atoms with Crippen LogP contribution in [0.5, 0.6) is 5.75 Å². The average molecular weight is 368 g/mol. The fraction of sp³-hybridized carbons (Fsp3) is 0.0952. The average Bonchev–Trinajstić information content (AvgIpc) is 2.68. The van der Waals surface area contributed by atoms with Crippen LogP contribution in [0.25, 0.3) is 11.1 Å². The van der Waals surface area contributed by atoms with Crippen LogP contribution in [-0.2, 0) is 13.1 Å². The van der Waals surface area contributed by atoms with Crippen molar-refractivity contribution in [3.8, 4) is 16.9 Å². The van der Waals surface area contributed by atoms with E-state index in [0.29, 0.717) is 12.3 Å².